The van der Waals surface area contributed by atoms with E-state index in [1.807, 2.05) is 25.1 Å². The zero-order chi connectivity index (χ0) is 20.1. The number of rotatable bonds is 7. The molecular weight excluding hydrogens is 400 g/mol. The van der Waals surface area contributed by atoms with E-state index in [0.717, 1.165) is 6.54 Å². The van der Waals surface area contributed by atoms with E-state index in [-0.39, 0.29) is 41.6 Å². The minimum Gasteiger partial charge on any atom is -0.433 e. The normalized spacial score (nSPS) is 20.2. The Morgan fingerprint density at radius 3 is 2.48 bits per heavy atom. The van der Waals surface area contributed by atoms with Gasteiger partial charge in [-0.15, -0.1) is 12.4 Å². The number of benzene rings is 2. The first-order valence-electron chi connectivity index (χ1n) is 9.33. The van der Waals surface area contributed by atoms with Crippen LogP contribution in [0.15, 0.2) is 54.6 Å². The topological polar surface area (TPSA) is 67.6 Å². The number of nitrogens with one attached hydrogen (secondary N) is 1. The lowest BCUT2D eigenvalue weighted by Gasteiger charge is -2.24. The highest BCUT2D eigenvalue weighted by Crippen LogP contribution is 2.33. The standard InChI is InChI=1S/C21H25F2N3O2.ClH/c1-14(20(27)25-18-9-5-6-10-19(18)28-21(22)23)26-12-16(11-24)17(13-26)15-7-3-2-4-8-15;/h2-10,14,16-17,21H,11-13,24H2,1H3,(H,25,27);1H/t14?,16-,17+;/m1./s1. The molecule has 3 rings (SSSR count). The fourth-order valence-electron chi connectivity index (χ4n) is 3.71. The predicted molar refractivity (Wildman–Crippen MR) is 112 cm³/mol. The zero-order valence-electron chi connectivity index (χ0n) is 16.1. The third-order valence-electron chi connectivity index (χ3n) is 5.29. The van der Waals surface area contributed by atoms with Crippen LogP contribution in [0.1, 0.15) is 18.4 Å². The minimum atomic E-state index is -2.95. The molecule has 158 valence electrons. The summed E-state index contributed by atoms with van der Waals surface area (Å²) in [5.41, 5.74) is 7.42. The number of para-hydroxylation sites is 2. The number of halogens is 3. The molecule has 0 aromatic heterocycles. The van der Waals surface area contributed by atoms with Crippen molar-refractivity contribution < 1.29 is 18.3 Å². The molecule has 1 saturated heterocycles. The molecule has 1 amide bonds. The number of ether oxygens (including phenoxy) is 1. The fraction of sp³-hybridized carbons (Fsp3) is 0.381. The minimum absolute atomic E-state index is 0. The third-order valence-corrected chi connectivity index (χ3v) is 5.29. The van der Waals surface area contributed by atoms with Gasteiger partial charge in [-0.1, -0.05) is 42.5 Å². The van der Waals surface area contributed by atoms with Gasteiger partial charge in [0.05, 0.1) is 11.7 Å². The zero-order valence-corrected chi connectivity index (χ0v) is 16.9. The van der Waals surface area contributed by atoms with Crippen LogP contribution in [0.4, 0.5) is 14.5 Å². The Bertz CT molecular complexity index is 795. The molecule has 0 aliphatic carbocycles. The molecule has 2 aromatic carbocycles. The summed E-state index contributed by atoms with van der Waals surface area (Å²) in [6.07, 6.45) is 0. The molecule has 3 atom stereocenters. The van der Waals surface area contributed by atoms with Gasteiger partial charge in [0.25, 0.3) is 0 Å². The molecule has 0 bridgehead atoms. The molecule has 0 spiro atoms. The van der Waals surface area contributed by atoms with E-state index in [2.05, 4.69) is 27.1 Å². The Hall–Kier alpha value is -2.22. The number of nitrogens with two attached hydrogens (primary N) is 1. The summed E-state index contributed by atoms with van der Waals surface area (Å²) < 4.78 is 29.6. The Kier molecular flexibility index (Phi) is 8.37. The van der Waals surface area contributed by atoms with Crippen molar-refractivity contribution in [1.82, 2.24) is 4.90 Å². The van der Waals surface area contributed by atoms with Gasteiger partial charge >= 0.3 is 6.61 Å². The molecule has 2 aromatic rings. The van der Waals surface area contributed by atoms with Crippen molar-refractivity contribution in [3.8, 4) is 5.75 Å². The SMILES string of the molecule is CC(C(=O)Nc1ccccc1OC(F)F)N1C[C@@H](CN)[C@H](c2ccccc2)C1.Cl. The molecule has 0 saturated carbocycles. The van der Waals surface area contributed by atoms with Gasteiger partial charge in [-0.2, -0.15) is 8.78 Å². The van der Waals surface area contributed by atoms with Crippen molar-refractivity contribution in [3.63, 3.8) is 0 Å². The molecule has 0 radical (unpaired) electrons. The lowest BCUT2D eigenvalue weighted by molar-refractivity contribution is -0.120. The van der Waals surface area contributed by atoms with E-state index in [4.69, 9.17) is 5.73 Å². The summed E-state index contributed by atoms with van der Waals surface area (Å²) in [7, 11) is 0. The second-order valence-electron chi connectivity index (χ2n) is 7.01. The van der Waals surface area contributed by atoms with Crippen LogP contribution in [0.3, 0.4) is 0 Å². The number of nitrogens with zero attached hydrogens (tertiary/aromatic N) is 1. The maximum atomic E-state index is 12.7. The van der Waals surface area contributed by atoms with Crippen LogP contribution in [-0.4, -0.2) is 43.1 Å². The monoisotopic (exact) mass is 425 g/mol. The summed E-state index contributed by atoms with van der Waals surface area (Å²) in [5.74, 6) is 0.194. The van der Waals surface area contributed by atoms with Gasteiger partial charge < -0.3 is 15.8 Å². The molecule has 1 heterocycles. The summed E-state index contributed by atoms with van der Waals surface area (Å²) >= 11 is 0. The van der Waals surface area contributed by atoms with Crippen LogP contribution < -0.4 is 15.8 Å². The Labute approximate surface area is 175 Å². The van der Waals surface area contributed by atoms with Crippen LogP contribution in [0.5, 0.6) is 5.75 Å². The number of alkyl halides is 2. The van der Waals surface area contributed by atoms with Crippen molar-refractivity contribution in [2.24, 2.45) is 11.7 Å². The number of hydrogen-bond donors (Lipinski definition) is 2. The van der Waals surface area contributed by atoms with Crippen molar-refractivity contribution in [3.05, 3.63) is 60.2 Å². The van der Waals surface area contributed by atoms with Crippen molar-refractivity contribution in [1.29, 1.82) is 0 Å². The predicted octanol–water partition coefficient (Wildman–Crippen LogP) is 3.71. The quantitative estimate of drug-likeness (QED) is 0.709. The van der Waals surface area contributed by atoms with Gasteiger partial charge in [-0.05, 0) is 37.1 Å². The van der Waals surface area contributed by atoms with E-state index >= 15 is 0 Å². The first kappa shape index (κ1) is 23.1. The molecule has 1 fully saturated rings. The number of amides is 1. The van der Waals surface area contributed by atoms with E-state index in [1.165, 1.54) is 11.6 Å². The lowest BCUT2D eigenvalue weighted by atomic mass is 9.89. The van der Waals surface area contributed by atoms with Crippen LogP contribution >= 0.6 is 12.4 Å². The highest BCUT2D eigenvalue weighted by molar-refractivity contribution is 5.95. The summed E-state index contributed by atoms with van der Waals surface area (Å²) in [4.78, 5) is 14.8. The summed E-state index contributed by atoms with van der Waals surface area (Å²) in [6, 6.07) is 15.9. The Morgan fingerprint density at radius 1 is 1.17 bits per heavy atom. The van der Waals surface area contributed by atoms with Crippen molar-refractivity contribution in [2.45, 2.75) is 25.5 Å². The summed E-state index contributed by atoms with van der Waals surface area (Å²) in [6.45, 7) is 0.823. The van der Waals surface area contributed by atoms with Crippen molar-refractivity contribution >= 4 is 24.0 Å². The number of hydrogen-bond acceptors (Lipinski definition) is 4. The molecule has 5 nitrogen and oxygen atoms in total. The number of carbonyl (C=O) groups is 1. The van der Waals surface area contributed by atoms with Crippen molar-refractivity contribution in [2.75, 3.05) is 25.0 Å². The first-order valence-corrected chi connectivity index (χ1v) is 9.33. The maximum Gasteiger partial charge on any atom is 0.387 e. The Balaban J connectivity index is 0.00000300. The van der Waals surface area contributed by atoms with Gasteiger partial charge in [0.1, 0.15) is 5.75 Å². The van der Waals surface area contributed by atoms with Gasteiger partial charge in [-0.3, -0.25) is 9.69 Å². The van der Waals surface area contributed by atoms with Gasteiger partial charge in [0.15, 0.2) is 0 Å². The molecule has 8 heteroatoms. The van der Waals surface area contributed by atoms with Crippen LogP contribution in [0, 0.1) is 5.92 Å². The van der Waals surface area contributed by atoms with Gasteiger partial charge in [0, 0.05) is 19.0 Å². The van der Waals surface area contributed by atoms with E-state index in [1.54, 1.807) is 18.2 Å². The average molecular weight is 426 g/mol. The summed E-state index contributed by atoms with van der Waals surface area (Å²) in [5, 5.41) is 2.71. The smallest absolute Gasteiger partial charge is 0.387 e. The molecule has 3 N–H and O–H groups in total. The second kappa shape index (κ2) is 10.5. The third kappa shape index (κ3) is 5.65. The maximum absolute atomic E-state index is 12.7. The van der Waals surface area contributed by atoms with Gasteiger partial charge in [0.2, 0.25) is 5.91 Å². The van der Waals surface area contributed by atoms with E-state index in [9.17, 15) is 13.6 Å². The largest absolute Gasteiger partial charge is 0.433 e. The number of likely N-dealkylation sites (tertiary alicyclic amines) is 1. The van der Waals surface area contributed by atoms with E-state index in [0.29, 0.717) is 13.1 Å². The van der Waals surface area contributed by atoms with Crippen LogP contribution in [-0.2, 0) is 4.79 Å². The first-order chi connectivity index (χ1) is 13.5. The molecule has 29 heavy (non-hydrogen) atoms. The highest BCUT2D eigenvalue weighted by Gasteiger charge is 2.37. The molecule has 1 aliphatic rings. The lowest BCUT2D eigenvalue weighted by Crippen LogP contribution is -2.41. The Morgan fingerprint density at radius 2 is 1.83 bits per heavy atom. The van der Waals surface area contributed by atoms with Crippen LogP contribution in [0.25, 0.3) is 0 Å². The van der Waals surface area contributed by atoms with Gasteiger partial charge in [-0.25, -0.2) is 0 Å². The highest BCUT2D eigenvalue weighted by atomic mass is 35.5. The number of anilines is 1. The van der Waals surface area contributed by atoms with Crippen LogP contribution in [0.2, 0.25) is 0 Å². The molecule has 1 aliphatic heterocycles. The number of carbonyl (C=O) groups excluding carboxylic acids is 1. The average Bonchev–Trinajstić information content (AvgIpc) is 3.13. The second-order valence-corrected chi connectivity index (χ2v) is 7.01. The molecule has 1 unspecified atom stereocenters. The fourth-order valence-corrected chi connectivity index (χ4v) is 3.71. The van der Waals surface area contributed by atoms with E-state index < -0.39 is 12.7 Å². The molecular formula is C21H26ClF2N3O2.